The van der Waals surface area contributed by atoms with E-state index in [9.17, 15) is 4.79 Å². The topological polar surface area (TPSA) is 76.2 Å². The molecule has 1 heterocycles. The van der Waals surface area contributed by atoms with Gasteiger partial charge in [0, 0.05) is 5.92 Å². The lowest BCUT2D eigenvalue weighted by Gasteiger charge is -1.95. The molecule has 0 spiro atoms. The van der Waals surface area contributed by atoms with E-state index in [4.69, 9.17) is 9.63 Å². The van der Waals surface area contributed by atoms with E-state index in [-0.39, 0.29) is 11.2 Å². The van der Waals surface area contributed by atoms with E-state index in [0.717, 1.165) is 12.2 Å². The van der Waals surface area contributed by atoms with Crippen molar-refractivity contribution in [1.29, 1.82) is 0 Å². The van der Waals surface area contributed by atoms with Crippen molar-refractivity contribution in [3.63, 3.8) is 0 Å². The third kappa shape index (κ3) is 2.55. The molecule has 0 saturated heterocycles. The molecule has 0 bridgehead atoms. The van der Waals surface area contributed by atoms with Gasteiger partial charge in [0.2, 0.25) is 5.89 Å². The molecule has 16 heavy (non-hydrogen) atoms. The Morgan fingerprint density at radius 2 is 2.38 bits per heavy atom. The predicted molar refractivity (Wildman–Crippen MR) is 59.2 cm³/mol. The molecule has 1 aromatic rings. The van der Waals surface area contributed by atoms with E-state index in [1.54, 1.807) is 0 Å². The molecular formula is C10H14N2O3S. The van der Waals surface area contributed by atoms with Crippen LogP contribution in [-0.2, 0) is 10.5 Å². The monoisotopic (exact) mass is 242 g/mol. The van der Waals surface area contributed by atoms with E-state index in [0.29, 0.717) is 17.6 Å². The Labute approximate surface area is 97.6 Å². The Hall–Kier alpha value is -1.04. The molecule has 2 rings (SSSR count). The van der Waals surface area contributed by atoms with Gasteiger partial charge < -0.3 is 9.63 Å². The summed E-state index contributed by atoms with van der Waals surface area (Å²) in [6, 6.07) is 0. The molecule has 1 unspecified atom stereocenters. The number of carboxylic acid groups (broad SMARTS) is 1. The standard InChI is InChI=1S/C10H14N2O3S/c1-10(2)3-6(10)9-11-7(15-12-9)4-16-5-8(13)14/h6H,3-5H2,1-2H3,(H,13,14). The van der Waals surface area contributed by atoms with Crippen LogP contribution in [0.3, 0.4) is 0 Å². The summed E-state index contributed by atoms with van der Waals surface area (Å²) < 4.78 is 5.07. The first-order valence-electron chi connectivity index (χ1n) is 5.11. The minimum absolute atomic E-state index is 0.0621. The molecule has 1 atom stereocenters. The van der Waals surface area contributed by atoms with E-state index in [2.05, 4.69) is 24.0 Å². The summed E-state index contributed by atoms with van der Waals surface area (Å²) in [4.78, 5) is 14.6. The molecule has 1 aliphatic carbocycles. The van der Waals surface area contributed by atoms with Crippen molar-refractivity contribution in [3.05, 3.63) is 11.7 Å². The van der Waals surface area contributed by atoms with Crippen molar-refractivity contribution < 1.29 is 14.4 Å². The number of thioether (sulfide) groups is 1. The van der Waals surface area contributed by atoms with Gasteiger partial charge in [-0.1, -0.05) is 19.0 Å². The summed E-state index contributed by atoms with van der Waals surface area (Å²) in [5.41, 5.74) is 0.287. The molecule has 1 aromatic heterocycles. The van der Waals surface area contributed by atoms with Crippen molar-refractivity contribution in [2.24, 2.45) is 5.41 Å². The van der Waals surface area contributed by atoms with Crippen LogP contribution in [0.2, 0.25) is 0 Å². The maximum absolute atomic E-state index is 10.3. The van der Waals surface area contributed by atoms with Gasteiger partial charge in [-0.2, -0.15) is 4.98 Å². The summed E-state index contributed by atoms with van der Waals surface area (Å²) in [6.45, 7) is 4.35. The van der Waals surface area contributed by atoms with Crippen molar-refractivity contribution in [3.8, 4) is 0 Å². The molecule has 6 heteroatoms. The number of aromatic nitrogens is 2. The minimum atomic E-state index is -0.826. The number of hydrogen-bond acceptors (Lipinski definition) is 5. The number of carbonyl (C=O) groups is 1. The van der Waals surface area contributed by atoms with Gasteiger partial charge >= 0.3 is 5.97 Å². The Kier molecular flexibility index (Phi) is 2.92. The zero-order valence-corrected chi connectivity index (χ0v) is 10.1. The molecular weight excluding hydrogens is 228 g/mol. The van der Waals surface area contributed by atoms with Crippen molar-refractivity contribution in [2.45, 2.75) is 31.9 Å². The number of rotatable bonds is 5. The van der Waals surface area contributed by atoms with Crippen LogP contribution in [0.5, 0.6) is 0 Å². The van der Waals surface area contributed by atoms with E-state index in [1.807, 2.05) is 0 Å². The highest BCUT2D eigenvalue weighted by Crippen LogP contribution is 2.57. The van der Waals surface area contributed by atoms with Crippen LogP contribution in [0.1, 0.15) is 37.9 Å². The van der Waals surface area contributed by atoms with Crippen LogP contribution in [0, 0.1) is 5.41 Å². The van der Waals surface area contributed by atoms with E-state index >= 15 is 0 Å². The Morgan fingerprint density at radius 3 is 2.94 bits per heavy atom. The molecule has 1 N–H and O–H groups in total. The molecule has 88 valence electrons. The first kappa shape index (κ1) is 11.4. The Morgan fingerprint density at radius 1 is 1.69 bits per heavy atom. The van der Waals surface area contributed by atoms with Gasteiger partial charge in [-0.25, -0.2) is 0 Å². The minimum Gasteiger partial charge on any atom is -0.481 e. The summed E-state index contributed by atoms with van der Waals surface area (Å²) in [6.07, 6.45) is 1.09. The van der Waals surface area contributed by atoms with Gasteiger partial charge in [0.15, 0.2) is 5.82 Å². The van der Waals surface area contributed by atoms with Gasteiger partial charge in [0.25, 0.3) is 0 Å². The summed E-state index contributed by atoms with van der Waals surface area (Å²) in [7, 11) is 0. The fraction of sp³-hybridized carbons (Fsp3) is 0.700. The summed E-state index contributed by atoms with van der Waals surface area (Å²) in [5, 5.41) is 12.4. The SMILES string of the molecule is CC1(C)CC1c1noc(CSCC(=O)O)n1. The number of hydrogen-bond donors (Lipinski definition) is 1. The molecule has 0 aromatic carbocycles. The third-order valence-electron chi connectivity index (χ3n) is 2.76. The average Bonchev–Trinajstić information content (AvgIpc) is 2.60. The van der Waals surface area contributed by atoms with Crippen LogP contribution < -0.4 is 0 Å². The van der Waals surface area contributed by atoms with Gasteiger partial charge in [-0.15, -0.1) is 11.8 Å². The Balaban J connectivity index is 1.86. The quantitative estimate of drug-likeness (QED) is 0.849. The molecule has 0 radical (unpaired) electrons. The second-order valence-corrected chi connectivity index (χ2v) is 5.66. The van der Waals surface area contributed by atoms with Crippen molar-refractivity contribution in [1.82, 2.24) is 10.1 Å². The zero-order chi connectivity index (χ0) is 11.8. The van der Waals surface area contributed by atoms with Crippen molar-refractivity contribution >= 4 is 17.7 Å². The molecule has 1 saturated carbocycles. The number of carboxylic acids is 1. The maximum atomic E-state index is 10.3. The van der Waals surface area contributed by atoms with Gasteiger partial charge in [-0.05, 0) is 11.8 Å². The van der Waals surface area contributed by atoms with Crippen LogP contribution in [-0.4, -0.2) is 27.0 Å². The van der Waals surface area contributed by atoms with E-state index in [1.165, 1.54) is 11.8 Å². The largest absolute Gasteiger partial charge is 0.481 e. The average molecular weight is 242 g/mol. The van der Waals surface area contributed by atoms with Gasteiger partial charge in [-0.3, -0.25) is 4.79 Å². The first-order valence-corrected chi connectivity index (χ1v) is 6.26. The molecule has 1 fully saturated rings. The lowest BCUT2D eigenvalue weighted by Crippen LogP contribution is -1.98. The Bertz CT molecular complexity index is 403. The number of nitrogens with zero attached hydrogens (tertiary/aromatic N) is 2. The second kappa shape index (κ2) is 4.08. The first-order chi connectivity index (χ1) is 7.49. The van der Waals surface area contributed by atoms with Gasteiger partial charge in [0.1, 0.15) is 0 Å². The lowest BCUT2D eigenvalue weighted by molar-refractivity contribution is -0.133. The maximum Gasteiger partial charge on any atom is 0.313 e. The molecule has 0 amide bonds. The van der Waals surface area contributed by atoms with Crippen LogP contribution in [0.25, 0.3) is 0 Å². The third-order valence-corrected chi connectivity index (χ3v) is 3.66. The van der Waals surface area contributed by atoms with E-state index < -0.39 is 5.97 Å². The zero-order valence-electron chi connectivity index (χ0n) is 9.27. The van der Waals surface area contributed by atoms with Crippen molar-refractivity contribution in [2.75, 3.05) is 5.75 Å². The highest BCUT2D eigenvalue weighted by molar-refractivity contribution is 7.99. The normalized spacial score (nSPS) is 22.0. The fourth-order valence-electron chi connectivity index (χ4n) is 1.60. The predicted octanol–water partition coefficient (Wildman–Crippen LogP) is 1.90. The van der Waals surface area contributed by atoms with Crippen LogP contribution >= 0.6 is 11.8 Å². The molecule has 1 aliphatic rings. The number of aliphatic carboxylic acids is 1. The smallest absolute Gasteiger partial charge is 0.313 e. The fourth-order valence-corrected chi connectivity index (χ4v) is 2.17. The molecule has 5 nitrogen and oxygen atoms in total. The van der Waals surface area contributed by atoms with Crippen LogP contribution in [0.15, 0.2) is 4.52 Å². The summed E-state index contributed by atoms with van der Waals surface area (Å²) >= 11 is 1.26. The lowest BCUT2D eigenvalue weighted by atomic mass is 10.1. The van der Waals surface area contributed by atoms with Gasteiger partial charge in [0.05, 0.1) is 11.5 Å². The van der Waals surface area contributed by atoms with Crippen LogP contribution in [0.4, 0.5) is 0 Å². The highest BCUT2D eigenvalue weighted by atomic mass is 32.2. The highest BCUT2D eigenvalue weighted by Gasteiger charge is 2.49. The second-order valence-electron chi connectivity index (χ2n) is 4.68. The molecule has 0 aliphatic heterocycles. The summed E-state index contributed by atoms with van der Waals surface area (Å²) in [5.74, 6) is 1.38.